The van der Waals surface area contributed by atoms with E-state index in [4.69, 9.17) is 14.7 Å². The van der Waals surface area contributed by atoms with Crippen molar-refractivity contribution in [2.24, 2.45) is 0 Å². The third-order valence-corrected chi connectivity index (χ3v) is 8.29. The molecule has 2 amide bonds. The highest BCUT2D eigenvalue weighted by Gasteiger charge is 2.50. The fourth-order valence-corrected chi connectivity index (χ4v) is 6.26. The summed E-state index contributed by atoms with van der Waals surface area (Å²) < 4.78 is 11.1. The van der Waals surface area contributed by atoms with E-state index in [2.05, 4.69) is 40.8 Å². The van der Waals surface area contributed by atoms with Crippen LogP contribution >= 0.6 is 0 Å². The van der Waals surface area contributed by atoms with Crippen molar-refractivity contribution in [2.45, 2.75) is 43.2 Å². The first-order valence-electron chi connectivity index (χ1n) is 13.1. The van der Waals surface area contributed by atoms with E-state index in [0.29, 0.717) is 11.6 Å². The molecule has 1 saturated heterocycles. The number of carbonyl (C=O) groups excluding carboxylic acids is 1. The number of fused-ring (bicyclic) bond motifs is 1. The number of rotatable bonds is 6. The lowest BCUT2D eigenvalue weighted by Gasteiger charge is -2.45. The zero-order chi connectivity index (χ0) is 26.7. The normalized spacial score (nSPS) is 22.7. The quantitative estimate of drug-likeness (QED) is 0.454. The predicted molar refractivity (Wildman–Crippen MR) is 149 cm³/mol. The Bertz CT molecular complexity index is 1350. The summed E-state index contributed by atoms with van der Waals surface area (Å²) in [5.74, 6) is 1.50. The van der Waals surface area contributed by atoms with Crippen molar-refractivity contribution in [2.75, 3.05) is 33.1 Å². The van der Waals surface area contributed by atoms with Gasteiger partial charge in [-0.15, -0.1) is 0 Å². The van der Waals surface area contributed by atoms with Crippen LogP contribution < -0.4 is 20.1 Å². The Morgan fingerprint density at radius 2 is 1.79 bits per heavy atom. The summed E-state index contributed by atoms with van der Waals surface area (Å²) in [6, 6.07) is 23.9. The van der Waals surface area contributed by atoms with Gasteiger partial charge in [0.1, 0.15) is 0 Å². The highest BCUT2D eigenvalue weighted by Crippen LogP contribution is 2.49. The molecule has 3 aromatic rings. The van der Waals surface area contributed by atoms with Crippen LogP contribution in [0, 0.1) is 11.3 Å². The number of anilines is 1. The monoisotopic (exact) mass is 510 g/mol. The molecule has 5 rings (SSSR count). The first kappa shape index (κ1) is 25.6. The second-order valence-corrected chi connectivity index (χ2v) is 10.3. The topological polar surface area (TPSA) is 86.6 Å². The molecule has 3 atom stereocenters. The van der Waals surface area contributed by atoms with Crippen molar-refractivity contribution in [1.29, 1.82) is 5.26 Å². The molecule has 7 heteroatoms. The Kier molecular flexibility index (Phi) is 7.26. The Hall–Kier alpha value is -4.02. The highest BCUT2D eigenvalue weighted by molar-refractivity contribution is 5.89. The average Bonchev–Trinajstić information content (AvgIpc) is 3.29. The van der Waals surface area contributed by atoms with Crippen LogP contribution in [0.2, 0.25) is 0 Å². The number of likely N-dealkylation sites (tertiary alicyclic amines) is 1. The summed E-state index contributed by atoms with van der Waals surface area (Å²) in [5.41, 5.74) is 4.65. The largest absolute Gasteiger partial charge is 0.493 e. The number of nitrogens with one attached hydrogen (secondary N) is 2. The van der Waals surface area contributed by atoms with Gasteiger partial charge in [-0.05, 0) is 92.4 Å². The van der Waals surface area contributed by atoms with E-state index in [9.17, 15) is 4.79 Å². The van der Waals surface area contributed by atoms with Crippen LogP contribution in [0.25, 0.3) is 11.1 Å². The average molecular weight is 511 g/mol. The van der Waals surface area contributed by atoms with Crippen LogP contribution in [0.3, 0.4) is 0 Å². The number of benzene rings is 3. The Balaban J connectivity index is 1.24. The molecule has 0 radical (unpaired) electrons. The standard InChI is InChI=1S/C31H34N4O3/c1-35-16-15-31(24-9-12-27(37-2)28(18-24)38-3)14-13-26(19-29(31)35)34-30(36)33-25-10-7-22(8-11-25)23-6-4-5-21(17-23)20-32/h4-12,17-18,26,29H,13-16,19H2,1-3H3,(H2,33,34,36)/t26-,29+,31-/m0/s1. The van der Waals surface area contributed by atoms with Crippen molar-refractivity contribution in [3.8, 4) is 28.7 Å². The molecule has 38 heavy (non-hydrogen) atoms. The molecule has 2 aliphatic rings. The molecule has 2 N–H and O–H groups in total. The van der Waals surface area contributed by atoms with Crippen LogP contribution in [-0.4, -0.2) is 50.8 Å². The predicted octanol–water partition coefficient (Wildman–Crippen LogP) is 5.56. The van der Waals surface area contributed by atoms with Crippen LogP contribution in [0.5, 0.6) is 11.5 Å². The summed E-state index contributed by atoms with van der Waals surface area (Å²) in [7, 11) is 5.52. The first-order chi connectivity index (χ1) is 18.5. The molecule has 2 fully saturated rings. The van der Waals surface area contributed by atoms with E-state index in [1.54, 1.807) is 20.3 Å². The molecule has 0 unspecified atom stereocenters. The van der Waals surface area contributed by atoms with Gasteiger partial charge in [0.15, 0.2) is 11.5 Å². The Morgan fingerprint density at radius 1 is 1.00 bits per heavy atom. The van der Waals surface area contributed by atoms with E-state index >= 15 is 0 Å². The van der Waals surface area contributed by atoms with Gasteiger partial charge in [0.2, 0.25) is 0 Å². The first-order valence-corrected chi connectivity index (χ1v) is 13.1. The van der Waals surface area contributed by atoms with E-state index in [-0.39, 0.29) is 17.5 Å². The van der Waals surface area contributed by atoms with Gasteiger partial charge < -0.3 is 25.0 Å². The number of nitrogens with zero attached hydrogens (tertiary/aromatic N) is 2. The molecular weight excluding hydrogens is 476 g/mol. The van der Waals surface area contributed by atoms with Gasteiger partial charge in [-0.2, -0.15) is 5.26 Å². The molecular formula is C31H34N4O3. The number of carbonyl (C=O) groups is 1. The number of ether oxygens (including phenoxy) is 2. The van der Waals surface area contributed by atoms with Crippen molar-refractivity contribution in [3.05, 3.63) is 77.9 Å². The minimum Gasteiger partial charge on any atom is -0.493 e. The number of nitriles is 1. The summed E-state index contributed by atoms with van der Waals surface area (Å²) in [5, 5.41) is 15.3. The lowest BCUT2D eigenvalue weighted by atomic mass is 9.65. The maximum Gasteiger partial charge on any atom is 0.319 e. The molecule has 7 nitrogen and oxygen atoms in total. The van der Waals surface area contributed by atoms with Crippen molar-refractivity contribution in [1.82, 2.24) is 10.2 Å². The van der Waals surface area contributed by atoms with Crippen LogP contribution in [0.15, 0.2) is 66.7 Å². The Morgan fingerprint density at radius 3 is 2.53 bits per heavy atom. The third-order valence-electron chi connectivity index (χ3n) is 8.29. The van der Waals surface area contributed by atoms with E-state index in [0.717, 1.165) is 60.5 Å². The van der Waals surface area contributed by atoms with Crippen molar-refractivity contribution in [3.63, 3.8) is 0 Å². The van der Waals surface area contributed by atoms with E-state index in [1.807, 2.05) is 48.5 Å². The molecule has 3 aromatic carbocycles. The van der Waals surface area contributed by atoms with Gasteiger partial charge in [-0.25, -0.2) is 4.79 Å². The summed E-state index contributed by atoms with van der Waals surface area (Å²) >= 11 is 0. The minimum absolute atomic E-state index is 0.0433. The van der Waals surface area contributed by atoms with Crippen molar-refractivity contribution >= 4 is 11.7 Å². The number of likely N-dealkylation sites (N-methyl/N-ethyl adjacent to an activating group) is 1. The molecule has 0 aromatic heterocycles. The summed E-state index contributed by atoms with van der Waals surface area (Å²) in [4.78, 5) is 15.3. The van der Waals surface area contributed by atoms with E-state index in [1.165, 1.54) is 5.56 Å². The summed E-state index contributed by atoms with van der Waals surface area (Å²) in [6.45, 7) is 1.03. The zero-order valence-corrected chi connectivity index (χ0v) is 22.2. The molecule has 1 aliphatic carbocycles. The van der Waals surface area contributed by atoms with Crippen LogP contribution in [0.1, 0.15) is 36.8 Å². The van der Waals surface area contributed by atoms with Gasteiger partial charge in [0.25, 0.3) is 0 Å². The van der Waals surface area contributed by atoms with Gasteiger partial charge in [0, 0.05) is 23.2 Å². The second-order valence-electron chi connectivity index (χ2n) is 10.3. The van der Waals surface area contributed by atoms with Crippen molar-refractivity contribution < 1.29 is 14.3 Å². The molecule has 0 bridgehead atoms. The second kappa shape index (κ2) is 10.8. The number of hydrogen-bond donors (Lipinski definition) is 2. The van der Waals surface area contributed by atoms with Gasteiger partial charge in [-0.1, -0.05) is 30.3 Å². The van der Waals surface area contributed by atoms with E-state index < -0.39 is 0 Å². The maximum atomic E-state index is 12.9. The summed E-state index contributed by atoms with van der Waals surface area (Å²) in [6.07, 6.45) is 3.90. The van der Waals surface area contributed by atoms with Gasteiger partial charge >= 0.3 is 6.03 Å². The molecule has 196 valence electrons. The van der Waals surface area contributed by atoms with Crippen LogP contribution in [-0.2, 0) is 5.41 Å². The lowest BCUT2D eigenvalue weighted by Crippen LogP contribution is -2.52. The number of urea groups is 1. The smallest absolute Gasteiger partial charge is 0.319 e. The molecule has 0 spiro atoms. The number of hydrogen-bond acceptors (Lipinski definition) is 5. The third kappa shape index (κ3) is 4.92. The maximum absolute atomic E-state index is 12.9. The number of amides is 2. The fraction of sp³-hybridized carbons (Fsp3) is 0.355. The fourth-order valence-electron chi connectivity index (χ4n) is 6.26. The zero-order valence-electron chi connectivity index (χ0n) is 22.2. The van der Waals surface area contributed by atoms with Crippen LogP contribution in [0.4, 0.5) is 10.5 Å². The minimum atomic E-state index is -0.187. The Labute approximate surface area is 224 Å². The van der Waals surface area contributed by atoms with Gasteiger partial charge in [0.05, 0.1) is 25.9 Å². The van der Waals surface area contributed by atoms with Gasteiger partial charge in [-0.3, -0.25) is 0 Å². The molecule has 1 saturated carbocycles. The SMILES string of the molecule is COc1ccc([C@@]23CC[C@H](NC(=O)Nc4ccc(-c5cccc(C#N)c5)cc4)C[C@H]2N(C)CC3)cc1OC. The number of methoxy groups -OCH3 is 2. The molecule has 1 heterocycles. The lowest BCUT2D eigenvalue weighted by molar-refractivity contribution is 0.156. The molecule has 1 aliphatic heterocycles. The highest BCUT2D eigenvalue weighted by atomic mass is 16.5.